The second-order valence-corrected chi connectivity index (χ2v) is 3.77. The van der Waals surface area contributed by atoms with Crippen molar-refractivity contribution >= 4 is 23.2 Å². The van der Waals surface area contributed by atoms with Crippen LogP contribution in [0.5, 0.6) is 0 Å². The fourth-order valence-corrected chi connectivity index (χ4v) is 1.65. The monoisotopic (exact) mass is 241 g/mol. The van der Waals surface area contributed by atoms with Crippen LogP contribution in [0.4, 0.5) is 5.69 Å². The van der Waals surface area contributed by atoms with Gasteiger partial charge in [0.2, 0.25) is 0 Å². The second-order valence-electron chi connectivity index (χ2n) is 2.98. The first-order valence-corrected chi connectivity index (χ1v) is 5.45. The maximum Gasteiger partial charge on any atom is 0.357 e. The average Bonchev–Trinajstić information content (AvgIpc) is 2.60. The molecule has 2 aromatic heterocycles. The van der Waals surface area contributed by atoms with Crippen LogP contribution in [-0.2, 0) is 0 Å². The summed E-state index contributed by atoms with van der Waals surface area (Å²) in [5.74, 6) is 0.137. The summed E-state index contributed by atoms with van der Waals surface area (Å²) >= 11 is 1.29. The lowest BCUT2D eigenvalue weighted by atomic mass is 10.4. The van der Waals surface area contributed by atoms with Gasteiger partial charge in [0.15, 0.2) is 5.16 Å². The van der Waals surface area contributed by atoms with Crippen LogP contribution in [0.2, 0.25) is 0 Å². The fraction of sp³-hybridized carbons (Fsp3) is 0.286. The topological polar surface area (TPSA) is 106 Å². The van der Waals surface area contributed by atoms with Crippen molar-refractivity contribution < 1.29 is 4.92 Å². The van der Waals surface area contributed by atoms with Gasteiger partial charge >= 0.3 is 11.2 Å². The summed E-state index contributed by atoms with van der Waals surface area (Å²) in [5.41, 5.74) is -1.22. The highest BCUT2D eigenvalue weighted by Gasteiger charge is 2.21. The zero-order chi connectivity index (χ0) is 11.9. The number of nitro groups is 1. The van der Waals surface area contributed by atoms with Crippen molar-refractivity contribution in [3.05, 3.63) is 26.2 Å². The lowest BCUT2D eigenvalue weighted by Gasteiger charge is -1.95. The standard InChI is InChI=1S/C7H7N5O3S/c1-3-4(12(14)15)5(13)11-6(8-3)9-7(10-11)16-2/h1-2H3,(H,8,9,10). The highest BCUT2D eigenvalue weighted by molar-refractivity contribution is 7.98. The third kappa shape index (κ3) is 1.45. The first-order chi connectivity index (χ1) is 7.54. The molecule has 0 aliphatic rings. The maximum atomic E-state index is 11.7. The molecule has 0 spiro atoms. The number of rotatable bonds is 2. The van der Waals surface area contributed by atoms with Gasteiger partial charge in [0.05, 0.1) is 4.92 Å². The number of hydrogen-bond acceptors (Lipinski definition) is 6. The van der Waals surface area contributed by atoms with Crippen molar-refractivity contribution in [2.75, 3.05) is 6.26 Å². The molecule has 16 heavy (non-hydrogen) atoms. The van der Waals surface area contributed by atoms with Gasteiger partial charge in [-0.05, 0) is 13.2 Å². The summed E-state index contributed by atoms with van der Waals surface area (Å²) in [6, 6.07) is 0. The van der Waals surface area contributed by atoms with E-state index in [0.717, 1.165) is 4.52 Å². The van der Waals surface area contributed by atoms with Gasteiger partial charge in [-0.3, -0.25) is 20.0 Å². The highest BCUT2D eigenvalue weighted by atomic mass is 32.2. The number of fused-ring (bicyclic) bond motifs is 1. The van der Waals surface area contributed by atoms with E-state index in [1.807, 2.05) is 0 Å². The molecule has 0 radical (unpaired) electrons. The Hall–Kier alpha value is -1.90. The van der Waals surface area contributed by atoms with E-state index in [4.69, 9.17) is 0 Å². The maximum absolute atomic E-state index is 11.7. The van der Waals surface area contributed by atoms with E-state index in [2.05, 4.69) is 15.1 Å². The first kappa shape index (κ1) is 10.6. The Morgan fingerprint density at radius 3 is 2.75 bits per heavy atom. The van der Waals surface area contributed by atoms with Gasteiger partial charge in [-0.1, -0.05) is 11.8 Å². The molecule has 0 aliphatic carbocycles. The minimum atomic E-state index is -0.750. The summed E-state index contributed by atoms with van der Waals surface area (Å²) < 4.78 is 0.969. The molecule has 0 aliphatic heterocycles. The van der Waals surface area contributed by atoms with Crippen LogP contribution in [0, 0.1) is 17.0 Å². The van der Waals surface area contributed by atoms with Crippen LogP contribution in [-0.4, -0.2) is 30.8 Å². The van der Waals surface area contributed by atoms with Crippen LogP contribution in [0.3, 0.4) is 0 Å². The fourth-order valence-electron chi connectivity index (χ4n) is 1.29. The zero-order valence-electron chi connectivity index (χ0n) is 8.42. The third-order valence-corrected chi connectivity index (χ3v) is 2.57. The van der Waals surface area contributed by atoms with E-state index in [9.17, 15) is 14.9 Å². The predicted octanol–water partition coefficient (Wildman–Crippen LogP) is 0.356. The summed E-state index contributed by atoms with van der Waals surface area (Å²) in [5, 5.41) is 13.8. The summed E-state index contributed by atoms with van der Waals surface area (Å²) in [6.07, 6.45) is 1.77. The summed E-state index contributed by atoms with van der Waals surface area (Å²) in [6.45, 7) is 1.41. The van der Waals surface area contributed by atoms with E-state index < -0.39 is 16.2 Å². The Kier molecular flexibility index (Phi) is 2.38. The Balaban J connectivity index is 2.87. The second kappa shape index (κ2) is 3.59. The van der Waals surface area contributed by atoms with E-state index in [1.165, 1.54) is 18.7 Å². The first-order valence-electron chi connectivity index (χ1n) is 4.22. The van der Waals surface area contributed by atoms with Crippen molar-refractivity contribution in [3.8, 4) is 0 Å². The van der Waals surface area contributed by atoms with E-state index in [1.54, 1.807) is 6.26 Å². The van der Waals surface area contributed by atoms with Gasteiger partial charge in [0, 0.05) is 0 Å². The molecule has 0 bridgehead atoms. The number of H-pyrrole nitrogens is 1. The van der Waals surface area contributed by atoms with Crippen LogP contribution in [0.25, 0.3) is 5.78 Å². The molecule has 2 rings (SSSR count). The van der Waals surface area contributed by atoms with Crippen molar-refractivity contribution in [1.29, 1.82) is 0 Å². The van der Waals surface area contributed by atoms with Crippen LogP contribution < -0.4 is 5.56 Å². The molecule has 0 fully saturated rings. The molecule has 0 saturated heterocycles. The molecule has 1 N–H and O–H groups in total. The molecule has 0 unspecified atom stereocenters. The van der Waals surface area contributed by atoms with Crippen molar-refractivity contribution in [2.45, 2.75) is 12.1 Å². The van der Waals surface area contributed by atoms with Crippen molar-refractivity contribution in [3.63, 3.8) is 0 Å². The Morgan fingerprint density at radius 2 is 2.19 bits per heavy atom. The largest absolute Gasteiger partial charge is 0.357 e. The Labute approximate surface area is 92.8 Å². The van der Waals surface area contributed by atoms with Crippen molar-refractivity contribution in [1.82, 2.24) is 19.6 Å². The van der Waals surface area contributed by atoms with Crippen LogP contribution >= 0.6 is 11.8 Å². The number of nitrogens with zero attached hydrogens (tertiary/aromatic N) is 4. The molecular weight excluding hydrogens is 234 g/mol. The Morgan fingerprint density at radius 1 is 1.50 bits per heavy atom. The summed E-state index contributed by atoms with van der Waals surface area (Å²) in [4.78, 5) is 29.5. The molecule has 0 atom stereocenters. The number of aryl methyl sites for hydroxylation is 1. The minimum Gasteiger partial charge on any atom is -0.266 e. The summed E-state index contributed by atoms with van der Waals surface area (Å²) in [7, 11) is 0. The van der Waals surface area contributed by atoms with E-state index in [-0.39, 0.29) is 11.5 Å². The van der Waals surface area contributed by atoms with Crippen LogP contribution in [0.1, 0.15) is 5.69 Å². The van der Waals surface area contributed by atoms with E-state index >= 15 is 0 Å². The molecule has 2 heterocycles. The average molecular weight is 241 g/mol. The third-order valence-electron chi connectivity index (χ3n) is 2.00. The predicted molar refractivity (Wildman–Crippen MR) is 56.8 cm³/mol. The lowest BCUT2D eigenvalue weighted by Crippen LogP contribution is -2.20. The number of hydrogen-bond donors (Lipinski definition) is 1. The SMILES string of the molecule is CSc1nc2nc(C)c([N+](=O)[O-])c(=O)n2[nH]1. The number of aromatic nitrogens is 4. The lowest BCUT2D eigenvalue weighted by molar-refractivity contribution is -0.387. The molecule has 84 valence electrons. The smallest absolute Gasteiger partial charge is 0.266 e. The number of thioether (sulfide) groups is 1. The van der Waals surface area contributed by atoms with Crippen molar-refractivity contribution in [2.24, 2.45) is 0 Å². The van der Waals surface area contributed by atoms with Gasteiger partial charge in [-0.15, -0.1) is 0 Å². The van der Waals surface area contributed by atoms with Crippen LogP contribution in [0.15, 0.2) is 9.95 Å². The quantitative estimate of drug-likeness (QED) is 0.462. The van der Waals surface area contributed by atoms with E-state index in [0.29, 0.717) is 5.16 Å². The van der Waals surface area contributed by atoms with Gasteiger partial charge < -0.3 is 0 Å². The van der Waals surface area contributed by atoms with Gasteiger partial charge in [-0.2, -0.15) is 9.50 Å². The van der Waals surface area contributed by atoms with Gasteiger partial charge in [0.1, 0.15) is 5.69 Å². The molecule has 0 amide bonds. The normalized spacial score (nSPS) is 10.9. The number of aromatic amines is 1. The number of nitrogens with one attached hydrogen (secondary N) is 1. The van der Waals surface area contributed by atoms with Gasteiger partial charge in [0.25, 0.3) is 5.78 Å². The Bertz CT molecular complexity index is 631. The molecule has 0 aromatic carbocycles. The van der Waals surface area contributed by atoms with Gasteiger partial charge in [-0.25, -0.2) is 4.98 Å². The zero-order valence-corrected chi connectivity index (χ0v) is 9.24. The minimum absolute atomic E-state index is 0.0640. The highest BCUT2D eigenvalue weighted by Crippen LogP contribution is 2.12. The molecule has 0 saturated carbocycles. The molecule has 2 aromatic rings. The molecule has 9 heteroatoms. The molecule has 8 nitrogen and oxygen atoms in total. The molecular formula is C7H7N5O3S.